The van der Waals surface area contributed by atoms with Crippen molar-refractivity contribution in [3.05, 3.63) is 47.4 Å². The molecule has 23 heavy (non-hydrogen) atoms. The van der Waals surface area contributed by atoms with Gasteiger partial charge in [0, 0.05) is 29.8 Å². The molecule has 1 aromatic carbocycles. The van der Waals surface area contributed by atoms with Gasteiger partial charge in [-0.3, -0.25) is 9.48 Å². The predicted molar refractivity (Wildman–Crippen MR) is 77.4 cm³/mol. The molecular weight excluding hydrogens is 309 g/mol. The van der Waals surface area contributed by atoms with Gasteiger partial charge in [-0.2, -0.15) is 5.10 Å². The molecule has 0 fully saturated rings. The summed E-state index contributed by atoms with van der Waals surface area (Å²) in [5.41, 5.74) is 5.14. The molecule has 118 valence electrons. The first-order valence-corrected chi connectivity index (χ1v) is 6.59. The van der Waals surface area contributed by atoms with Gasteiger partial charge in [-0.25, -0.2) is 18.2 Å². The van der Waals surface area contributed by atoms with Crippen LogP contribution in [0.3, 0.4) is 0 Å². The second-order valence-electron chi connectivity index (χ2n) is 5.00. The highest BCUT2D eigenvalue weighted by molar-refractivity contribution is 5.94. The monoisotopic (exact) mass is 320 g/mol. The van der Waals surface area contributed by atoms with Crippen LogP contribution in [0, 0.1) is 5.82 Å². The SMILES string of the molecule is Cn1cc2c(C(F)F)cc(-c3ccc(F)c(C(N)=O)c3)nc2n1. The van der Waals surface area contributed by atoms with Gasteiger partial charge in [0.15, 0.2) is 5.65 Å². The Morgan fingerprint density at radius 1 is 1.30 bits per heavy atom. The number of fused-ring (bicyclic) bond motifs is 1. The maximum Gasteiger partial charge on any atom is 0.264 e. The number of halogens is 3. The Morgan fingerprint density at radius 3 is 2.70 bits per heavy atom. The van der Waals surface area contributed by atoms with E-state index in [9.17, 15) is 18.0 Å². The molecular formula is C15H11F3N4O. The van der Waals surface area contributed by atoms with E-state index in [4.69, 9.17) is 5.73 Å². The number of rotatable bonds is 3. The van der Waals surface area contributed by atoms with Gasteiger partial charge in [-0.15, -0.1) is 0 Å². The van der Waals surface area contributed by atoms with Gasteiger partial charge in [-0.1, -0.05) is 0 Å². The number of carbonyl (C=O) groups excluding carboxylic acids is 1. The van der Waals surface area contributed by atoms with E-state index >= 15 is 0 Å². The Labute approximate surface area is 128 Å². The van der Waals surface area contributed by atoms with E-state index < -0.39 is 18.1 Å². The number of aryl methyl sites for hydroxylation is 1. The molecule has 0 aliphatic carbocycles. The van der Waals surface area contributed by atoms with E-state index in [0.717, 1.165) is 6.07 Å². The van der Waals surface area contributed by atoms with Crippen LogP contribution in [0.4, 0.5) is 13.2 Å². The lowest BCUT2D eigenvalue weighted by molar-refractivity contribution is 0.0996. The summed E-state index contributed by atoms with van der Waals surface area (Å²) in [6.07, 6.45) is -1.27. The van der Waals surface area contributed by atoms with Crippen LogP contribution >= 0.6 is 0 Å². The van der Waals surface area contributed by atoms with Crippen LogP contribution < -0.4 is 5.73 Å². The fraction of sp³-hybridized carbons (Fsp3) is 0.133. The largest absolute Gasteiger partial charge is 0.366 e. The van der Waals surface area contributed by atoms with Crippen LogP contribution in [0.25, 0.3) is 22.3 Å². The van der Waals surface area contributed by atoms with Gasteiger partial charge in [0.1, 0.15) is 5.82 Å². The maximum absolute atomic E-state index is 13.5. The van der Waals surface area contributed by atoms with E-state index in [1.807, 2.05) is 0 Å². The number of nitrogens with zero attached hydrogens (tertiary/aromatic N) is 3. The van der Waals surface area contributed by atoms with Crippen LogP contribution in [-0.2, 0) is 7.05 Å². The first-order valence-electron chi connectivity index (χ1n) is 6.59. The minimum Gasteiger partial charge on any atom is -0.366 e. The number of hydrogen-bond donors (Lipinski definition) is 1. The van der Waals surface area contributed by atoms with E-state index in [0.29, 0.717) is 5.56 Å². The second kappa shape index (κ2) is 5.38. The molecule has 2 heterocycles. The summed E-state index contributed by atoms with van der Waals surface area (Å²) >= 11 is 0. The fourth-order valence-electron chi connectivity index (χ4n) is 2.34. The lowest BCUT2D eigenvalue weighted by Gasteiger charge is -2.07. The van der Waals surface area contributed by atoms with Gasteiger partial charge >= 0.3 is 0 Å². The first-order chi connectivity index (χ1) is 10.9. The number of benzene rings is 1. The number of carbonyl (C=O) groups is 1. The van der Waals surface area contributed by atoms with Crippen molar-refractivity contribution in [2.75, 3.05) is 0 Å². The molecule has 0 spiro atoms. The van der Waals surface area contributed by atoms with E-state index in [2.05, 4.69) is 10.1 Å². The molecule has 3 rings (SSSR count). The molecule has 2 aromatic heterocycles. The summed E-state index contributed by atoms with van der Waals surface area (Å²) in [5.74, 6) is -1.73. The molecule has 3 aromatic rings. The zero-order valence-electron chi connectivity index (χ0n) is 11.9. The lowest BCUT2D eigenvalue weighted by atomic mass is 10.0. The third-order valence-corrected chi connectivity index (χ3v) is 3.40. The highest BCUT2D eigenvalue weighted by atomic mass is 19.3. The summed E-state index contributed by atoms with van der Waals surface area (Å²) in [7, 11) is 1.60. The minimum absolute atomic E-state index is 0.144. The van der Waals surface area contributed by atoms with Crippen LogP contribution in [0.5, 0.6) is 0 Å². The number of amides is 1. The van der Waals surface area contributed by atoms with Gasteiger partial charge in [0.25, 0.3) is 12.3 Å². The molecule has 1 amide bonds. The van der Waals surface area contributed by atoms with Crippen LogP contribution in [-0.4, -0.2) is 20.7 Å². The van der Waals surface area contributed by atoms with Crippen molar-refractivity contribution in [2.24, 2.45) is 12.8 Å². The van der Waals surface area contributed by atoms with Gasteiger partial charge in [-0.05, 0) is 24.3 Å². The Balaban J connectivity index is 2.24. The van der Waals surface area contributed by atoms with Crippen molar-refractivity contribution in [3.8, 4) is 11.3 Å². The second-order valence-corrected chi connectivity index (χ2v) is 5.00. The number of alkyl halides is 2. The molecule has 8 heteroatoms. The Hall–Kier alpha value is -2.90. The summed E-state index contributed by atoms with van der Waals surface area (Å²) in [6.45, 7) is 0. The molecule has 0 radical (unpaired) electrons. The molecule has 0 aliphatic rings. The zero-order chi connectivity index (χ0) is 16.7. The van der Waals surface area contributed by atoms with Gasteiger partial charge in [0.05, 0.1) is 11.3 Å². The topological polar surface area (TPSA) is 73.8 Å². The van der Waals surface area contributed by atoms with Gasteiger partial charge < -0.3 is 5.73 Å². The van der Waals surface area contributed by atoms with Crippen LogP contribution in [0.1, 0.15) is 22.3 Å². The average Bonchev–Trinajstić information content (AvgIpc) is 2.86. The van der Waals surface area contributed by atoms with Crippen LogP contribution in [0.2, 0.25) is 0 Å². The van der Waals surface area contributed by atoms with Crippen LogP contribution in [0.15, 0.2) is 30.5 Å². The van der Waals surface area contributed by atoms with E-state index in [1.54, 1.807) is 7.05 Å². The molecule has 2 N–H and O–H groups in total. The van der Waals surface area contributed by atoms with Gasteiger partial charge in [0.2, 0.25) is 0 Å². The van der Waals surface area contributed by atoms with E-state index in [1.165, 1.54) is 29.1 Å². The predicted octanol–water partition coefficient (Wildman–Crippen LogP) is 2.81. The highest BCUT2D eigenvalue weighted by Crippen LogP contribution is 2.31. The quantitative estimate of drug-likeness (QED) is 0.806. The number of nitrogens with two attached hydrogens (primary N) is 1. The van der Waals surface area contributed by atoms with Crippen molar-refractivity contribution >= 4 is 16.9 Å². The number of primary amides is 1. The molecule has 0 saturated heterocycles. The molecule has 0 aliphatic heterocycles. The molecule has 0 unspecified atom stereocenters. The third-order valence-electron chi connectivity index (χ3n) is 3.40. The summed E-state index contributed by atoms with van der Waals surface area (Å²) < 4.78 is 41.5. The smallest absolute Gasteiger partial charge is 0.264 e. The third kappa shape index (κ3) is 2.63. The molecule has 0 saturated carbocycles. The molecule has 5 nitrogen and oxygen atoms in total. The van der Waals surface area contributed by atoms with Crippen molar-refractivity contribution < 1.29 is 18.0 Å². The highest BCUT2D eigenvalue weighted by Gasteiger charge is 2.18. The average molecular weight is 320 g/mol. The van der Waals surface area contributed by atoms with Crippen molar-refractivity contribution in [2.45, 2.75) is 6.43 Å². The normalized spacial score (nSPS) is 11.3. The molecule has 0 atom stereocenters. The van der Waals surface area contributed by atoms with Crippen molar-refractivity contribution in [1.29, 1.82) is 0 Å². The number of aromatic nitrogens is 3. The Morgan fingerprint density at radius 2 is 2.04 bits per heavy atom. The molecule has 0 bridgehead atoms. The Bertz CT molecular complexity index is 920. The maximum atomic E-state index is 13.5. The lowest BCUT2D eigenvalue weighted by Crippen LogP contribution is -2.13. The number of pyridine rings is 1. The van der Waals surface area contributed by atoms with Crippen molar-refractivity contribution in [1.82, 2.24) is 14.8 Å². The minimum atomic E-state index is -2.72. The summed E-state index contributed by atoms with van der Waals surface area (Å²) in [4.78, 5) is 15.4. The zero-order valence-corrected chi connectivity index (χ0v) is 11.9. The standard InChI is InChI=1S/C15H11F3N4O/c1-22-6-10-8(13(17)18)5-12(20-15(10)21-22)7-2-3-11(16)9(4-7)14(19)23/h2-6,13H,1H3,(H2,19,23). The first kappa shape index (κ1) is 15.0. The number of hydrogen-bond acceptors (Lipinski definition) is 3. The summed E-state index contributed by atoms with van der Waals surface area (Å²) in [5, 5.41) is 4.26. The van der Waals surface area contributed by atoms with Crippen molar-refractivity contribution in [3.63, 3.8) is 0 Å². The Kier molecular flexibility index (Phi) is 3.51. The fourth-order valence-corrected chi connectivity index (χ4v) is 2.34. The summed E-state index contributed by atoms with van der Waals surface area (Å²) in [6, 6.07) is 4.77. The van der Waals surface area contributed by atoms with E-state index in [-0.39, 0.29) is 27.9 Å².